The molecule has 0 saturated heterocycles. The average Bonchev–Trinajstić information content (AvgIpc) is 2.91. The number of hydrogen-bond donors (Lipinski definition) is 0. The Balaban J connectivity index is 2.25. The molecule has 0 N–H and O–H groups in total. The number of para-hydroxylation sites is 1. The van der Waals surface area contributed by atoms with Gasteiger partial charge in [0.15, 0.2) is 0 Å². The number of nitrogens with zero attached hydrogens (tertiary/aromatic N) is 2. The predicted molar refractivity (Wildman–Crippen MR) is 99.1 cm³/mol. The summed E-state index contributed by atoms with van der Waals surface area (Å²) < 4.78 is 32.3. The number of aromatic nitrogens is 1. The third-order valence-electron chi connectivity index (χ3n) is 3.79. The molecule has 0 aliphatic rings. The van der Waals surface area contributed by atoms with Crippen LogP contribution in [0.1, 0.15) is 19.4 Å². The molecular formula is C17H17ClN2O2S2. The first-order valence-electron chi connectivity index (χ1n) is 7.64. The maximum Gasteiger partial charge on any atom is 0.285 e. The summed E-state index contributed by atoms with van der Waals surface area (Å²) in [7, 11) is -3.77. The topological polar surface area (TPSA) is 51.4 Å². The van der Waals surface area contributed by atoms with Crippen LogP contribution in [0.2, 0.25) is 5.02 Å². The second-order valence-electron chi connectivity index (χ2n) is 5.27. The van der Waals surface area contributed by atoms with E-state index in [4.69, 9.17) is 11.6 Å². The van der Waals surface area contributed by atoms with E-state index in [0.29, 0.717) is 16.4 Å². The molecule has 0 saturated carbocycles. The fourth-order valence-corrected chi connectivity index (χ4v) is 5.09. The zero-order valence-electron chi connectivity index (χ0n) is 13.4. The van der Waals surface area contributed by atoms with Crippen LogP contribution in [-0.4, -0.2) is 13.0 Å². The first kappa shape index (κ1) is 17.2. The lowest BCUT2D eigenvalue weighted by Gasteiger charge is -2.05. The monoisotopic (exact) mass is 380 g/mol. The Morgan fingerprint density at radius 1 is 1.12 bits per heavy atom. The van der Waals surface area contributed by atoms with Gasteiger partial charge in [0.25, 0.3) is 10.0 Å². The molecular weight excluding hydrogens is 364 g/mol. The zero-order valence-corrected chi connectivity index (χ0v) is 15.7. The van der Waals surface area contributed by atoms with Crippen LogP contribution in [0.15, 0.2) is 51.8 Å². The van der Waals surface area contributed by atoms with E-state index in [2.05, 4.69) is 17.4 Å². The van der Waals surface area contributed by atoms with Crippen LogP contribution in [0.4, 0.5) is 0 Å². The van der Waals surface area contributed by atoms with E-state index >= 15 is 0 Å². The molecule has 0 aliphatic carbocycles. The fourth-order valence-electron chi connectivity index (χ4n) is 2.61. The second-order valence-corrected chi connectivity index (χ2v) is 8.32. The van der Waals surface area contributed by atoms with E-state index in [0.717, 1.165) is 16.6 Å². The molecule has 7 heteroatoms. The van der Waals surface area contributed by atoms with E-state index in [1.807, 2.05) is 23.6 Å². The van der Waals surface area contributed by atoms with Crippen molar-refractivity contribution >= 4 is 43.2 Å². The summed E-state index contributed by atoms with van der Waals surface area (Å²) in [6.07, 6.45) is 0.886. The number of sulfonamides is 1. The predicted octanol–water partition coefficient (Wildman–Crippen LogP) is 4.23. The van der Waals surface area contributed by atoms with Gasteiger partial charge in [-0.05, 0) is 49.2 Å². The molecule has 1 heterocycles. The molecule has 0 radical (unpaired) electrons. The van der Waals surface area contributed by atoms with Crippen LogP contribution in [0, 0.1) is 0 Å². The summed E-state index contributed by atoms with van der Waals surface area (Å²) in [6, 6.07) is 12.1. The minimum atomic E-state index is -3.77. The van der Waals surface area contributed by atoms with Gasteiger partial charge in [-0.1, -0.05) is 42.0 Å². The fraction of sp³-hybridized carbons (Fsp3) is 0.235. The van der Waals surface area contributed by atoms with Crippen molar-refractivity contribution < 1.29 is 8.42 Å². The highest BCUT2D eigenvalue weighted by Crippen LogP contribution is 2.23. The van der Waals surface area contributed by atoms with Gasteiger partial charge in [-0.25, -0.2) is 0 Å². The van der Waals surface area contributed by atoms with Gasteiger partial charge in [-0.2, -0.15) is 8.42 Å². The van der Waals surface area contributed by atoms with E-state index in [9.17, 15) is 8.42 Å². The summed E-state index contributed by atoms with van der Waals surface area (Å²) in [5.41, 5.74) is 2.26. The van der Waals surface area contributed by atoms with Crippen LogP contribution < -0.4 is 4.80 Å². The van der Waals surface area contributed by atoms with Crippen molar-refractivity contribution in [2.45, 2.75) is 31.7 Å². The van der Waals surface area contributed by atoms with Gasteiger partial charge in [0.1, 0.15) is 0 Å². The summed E-state index contributed by atoms with van der Waals surface area (Å²) >= 11 is 7.22. The maximum absolute atomic E-state index is 12.6. The molecule has 0 spiro atoms. The lowest BCUT2D eigenvalue weighted by molar-refractivity contribution is 0.595. The molecule has 0 atom stereocenters. The first-order chi connectivity index (χ1) is 11.5. The van der Waals surface area contributed by atoms with E-state index < -0.39 is 10.0 Å². The molecule has 0 fully saturated rings. The highest BCUT2D eigenvalue weighted by Gasteiger charge is 2.15. The summed E-state index contributed by atoms with van der Waals surface area (Å²) in [6.45, 7) is 4.74. The minimum absolute atomic E-state index is 0.141. The number of thiazole rings is 1. The standard InChI is InChI=1S/C17H17ClN2O2S2/c1-3-12-6-5-7-15-16(12)20(4-2)17(23-15)19-24(21,22)14-10-8-13(18)9-11-14/h5-11H,3-4H2,1-2H3/b19-17-. The maximum atomic E-state index is 12.6. The highest BCUT2D eigenvalue weighted by molar-refractivity contribution is 7.90. The van der Waals surface area contributed by atoms with E-state index in [1.54, 1.807) is 12.1 Å². The van der Waals surface area contributed by atoms with Gasteiger partial charge in [-0.15, -0.1) is 4.40 Å². The molecule has 126 valence electrons. The summed E-state index contributed by atoms with van der Waals surface area (Å²) in [5, 5.41) is 0.493. The number of hydrogen-bond acceptors (Lipinski definition) is 3. The van der Waals surface area contributed by atoms with Crippen LogP contribution >= 0.6 is 22.9 Å². The molecule has 0 amide bonds. The van der Waals surface area contributed by atoms with Gasteiger partial charge in [0.05, 0.1) is 15.1 Å². The number of rotatable bonds is 4. The van der Waals surface area contributed by atoms with Gasteiger partial charge in [0.2, 0.25) is 4.80 Å². The number of aryl methyl sites for hydroxylation is 2. The van der Waals surface area contributed by atoms with E-state index in [1.165, 1.54) is 29.0 Å². The van der Waals surface area contributed by atoms with Crippen molar-refractivity contribution in [1.29, 1.82) is 0 Å². The Kier molecular flexibility index (Phi) is 4.80. The molecule has 0 bridgehead atoms. The van der Waals surface area contributed by atoms with Gasteiger partial charge in [0, 0.05) is 11.6 Å². The van der Waals surface area contributed by atoms with Gasteiger partial charge < -0.3 is 4.57 Å². The lowest BCUT2D eigenvalue weighted by Crippen LogP contribution is -2.16. The molecule has 2 aromatic carbocycles. The van der Waals surface area contributed by atoms with Crippen molar-refractivity contribution in [2.75, 3.05) is 0 Å². The minimum Gasteiger partial charge on any atom is -0.316 e. The Morgan fingerprint density at radius 3 is 2.46 bits per heavy atom. The average molecular weight is 381 g/mol. The van der Waals surface area contributed by atoms with Crippen molar-refractivity contribution in [3.05, 3.63) is 57.9 Å². The second kappa shape index (κ2) is 6.70. The molecule has 3 rings (SSSR count). The molecule has 3 aromatic rings. The summed E-state index contributed by atoms with van der Waals surface area (Å²) in [4.78, 5) is 0.631. The quantitative estimate of drug-likeness (QED) is 0.680. The number of fused-ring (bicyclic) bond motifs is 1. The SMILES string of the molecule is CCc1cccc2s/c(=N\S(=O)(=O)c3ccc(Cl)cc3)n(CC)c12. The Bertz CT molecular complexity index is 1050. The number of benzene rings is 2. The largest absolute Gasteiger partial charge is 0.316 e. The van der Waals surface area contributed by atoms with Crippen molar-refractivity contribution in [3.63, 3.8) is 0 Å². The molecule has 1 aromatic heterocycles. The summed E-state index contributed by atoms with van der Waals surface area (Å²) in [5.74, 6) is 0. The smallest absolute Gasteiger partial charge is 0.285 e. The third kappa shape index (κ3) is 3.14. The van der Waals surface area contributed by atoms with Gasteiger partial charge in [-0.3, -0.25) is 0 Å². The van der Waals surface area contributed by atoms with Crippen molar-refractivity contribution in [3.8, 4) is 0 Å². The lowest BCUT2D eigenvalue weighted by atomic mass is 10.1. The molecule has 0 unspecified atom stereocenters. The first-order valence-corrected chi connectivity index (χ1v) is 10.3. The zero-order chi connectivity index (χ0) is 17.3. The normalized spacial score (nSPS) is 12.9. The Hall–Kier alpha value is -1.63. The van der Waals surface area contributed by atoms with Gasteiger partial charge >= 0.3 is 0 Å². The Labute approximate surface area is 150 Å². The molecule has 24 heavy (non-hydrogen) atoms. The van der Waals surface area contributed by atoms with E-state index in [-0.39, 0.29) is 4.90 Å². The van der Waals surface area contributed by atoms with Crippen LogP contribution in [0.25, 0.3) is 10.2 Å². The Morgan fingerprint density at radius 2 is 1.83 bits per heavy atom. The van der Waals surface area contributed by atoms with Crippen molar-refractivity contribution in [2.24, 2.45) is 4.40 Å². The van der Waals surface area contributed by atoms with Crippen LogP contribution in [-0.2, 0) is 23.0 Å². The number of halogens is 1. The van der Waals surface area contributed by atoms with Crippen LogP contribution in [0.3, 0.4) is 0 Å². The molecule has 4 nitrogen and oxygen atoms in total. The van der Waals surface area contributed by atoms with Crippen LogP contribution in [0.5, 0.6) is 0 Å². The molecule has 0 aliphatic heterocycles. The van der Waals surface area contributed by atoms with Crippen molar-refractivity contribution in [1.82, 2.24) is 4.57 Å². The highest BCUT2D eigenvalue weighted by atomic mass is 35.5. The third-order valence-corrected chi connectivity index (χ3v) is 6.48.